The van der Waals surface area contributed by atoms with Crippen LogP contribution >= 0.6 is 0 Å². The van der Waals surface area contributed by atoms with E-state index in [-0.39, 0.29) is 0 Å². The van der Waals surface area contributed by atoms with E-state index in [2.05, 4.69) is 35.2 Å². The molecule has 1 aliphatic heterocycles. The summed E-state index contributed by atoms with van der Waals surface area (Å²) in [4.78, 5) is 15.0. The Morgan fingerprint density at radius 2 is 1.55 bits per heavy atom. The second kappa shape index (κ2) is 7.80. The zero-order valence-corrected chi connectivity index (χ0v) is 13.7. The van der Waals surface area contributed by atoms with Crippen molar-refractivity contribution in [2.45, 2.75) is 63.7 Å². The summed E-state index contributed by atoms with van der Waals surface area (Å²) in [5, 5.41) is 0. The number of hydrogen-bond acceptors (Lipinski definition) is 1. The van der Waals surface area contributed by atoms with Crippen LogP contribution in [0.3, 0.4) is 0 Å². The van der Waals surface area contributed by atoms with Crippen LogP contribution in [-0.4, -0.2) is 23.9 Å². The third-order valence-corrected chi connectivity index (χ3v) is 5.52. The predicted octanol–water partition coefficient (Wildman–Crippen LogP) is 4.75. The van der Waals surface area contributed by atoms with Gasteiger partial charge in [-0.05, 0) is 43.6 Å². The van der Waals surface area contributed by atoms with Gasteiger partial charge in [0.2, 0.25) is 5.91 Å². The fraction of sp³-hybridized carbons (Fsp3) is 0.650. The average molecular weight is 299 g/mol. The Bertz CT molecular complexity index is 462. The molecule has 2 aliphatic rings. The molecule has 1 aromatic carbocycles. The van der Waals surface area contributed by atoms with Crippen LogP contribution < -0.4 is 0 Å². The Hall–Kier alpha value is -1.31. The van der Waals surface area contributed by atoms with Crippen LogP contribution in [0.5, 0.6) is 0 Å². The van der Waals surface area contributed by atoms with Gasteiger partial charge in [0.25, 0.3) is 0 Å². The minimum Gasteiger partial charge on any atom is -0.342 e. The molecule has 1 atom stereocenters. The van der Waals surface area contributed by atoms with Gasteiger partial charge in [-0.25, -0.2) is 0 Å². The lowest BCUT2D eigenvalue weighted by Crippen LogP contribution is -2.36. The highest BCUT2D eigenvalue weighted by Crippen LogP contribution is 2.30. The summed E-state index contributed by atoms with van der Waals surface area (Å²) in [5.41, 5.74) is 1.45. The van der Waals surface area contributed by atoms with Crippen LogP contribution in [0, 0.1) is 5.92 Å². The molecule has 2 fully saturated rings. The van der Waals surface area contributed by atoms with Crippen molar-refractivity contribution in [2.24, 2.45) is 5.92 Å². The topological polar surface area (TPSA) is 20.3 Å². The Balaban J connectivity index is 1.58. The molecule has 120 valence electrons. The van der Waals surface area contributed by atoms with Gasteiger partial charge in [0.1, 0.15) is 0 Å². The summed E-state index contributed by atoms with van der Waals surface area (Å²) < 4.78 is 0. The van der Waals surface area contributed by atoms with Crippen LogP contribution in [-0.2, 0) is 4.79 Å². The van der Waals surface area contributed by atoms with Crippen molar-refractivity contribution in [1.82, 2.24) is 4.90 Å². The average Bonchev–Trinajstić information content (AvgIpc) is 2.98. The van der Waals surface area contributed by atoms with Gasteiger partial charge >= 0.3 is 0 Å². The first-order valence-corrected chi connectivity index (χ1v) is 9.18. The molecule has 1 aromatic rings. The van der Waals surface area contributed by atoms with E-state index in [4.69, 9.17) is 0 Å². The number of hydrogen-bond donors (Lipinski definition) is 0. The smallest absolute Gasteiger partial charge is 0.225 e. The van der Waals surface area contributed by atoms with Gasteiger partial charge in [-0.2, -0.15) is 0 Å². The highest BCUT2D eigenvalue weighted by molar-refractivity contribution is 5.78. The molecule has 0 bridgehead atoms. The van der Waals surface area contributed by atoms with Crippen LogP contribution in [0.4, 0.5) is 0 Å². The van der Waals surface area contributed by atoms with Crippen LogP contribution in [0.2, 0.25) is 0 Å². The van der Waals surface area contributed by atoms with Crippen molar-refractivity contribution in [3.8, 4) is 0 Å². The Kier molecular flexibility index (Phi) is 5.53. The van der Waals surface area contributed by atoms with Crippen molar-refractivity contribution >= 4 is 5.91 Å². The molecule has 2 heteroatoms. The second-order valence-electron chi connectivity index (χ2n) is 7.05. The maximum Gasteiger partial charge on any atom is 0.225 e. The molecule has 1 unspecified atom stereocenters. The summed E-state index contributed by atoms with van der Waals surface area (Å²) in [6, 6.07) is 10.8. The Labute approximate surface area is 134 Å². The van der Waals surface area contributed by atoms with Gasteiger partial charge in [-0.1, -0.05) is 56.0 Å². The van der Waals surface area contributed by atoms with E-state index in [1.54, 1.807) is 0 Å². The minimum absolute atomic E-state index is 0.316. The molecule has 1 aliphatic carbocycles. The van der Waals surface area contributed by atoms with E-state index in [9.17, 15) is 4.79 Å². The fourth-order valence-electron chi connectivity index (χ4n) is 4.16. The number of benzene rings is 1. The number of rotatable bonds is 2. The zero-order chi connectivity index (χ0) is 15.2. The van der Waals surface area contributed by atoms with Crippen LogP contribution in [0.15, 0.2) is 30.3 Å². The summed E-state index contributed by atoms with van der Waals surface area (Å²) in [5.74, 6) is 1.40. The van der Waals surface area contributed by atoms with E-state index in [0.717, 1.165) is 38.8 Å². The molecule has 1 saturated heterocycles. The molecule has 22 heavy (non-hydrogen) atoms. The highest BCUT2D eigenvalue weighted by Gasteiger charge is 2.27. The zero-order valence-electron chi connectivity index (χ0n) is 13.7. The molecular weight excluding hydrogens is 270 g/mol. The molecule has 0 radical (unpaired) electrons. The van der Waals surface area contributed by atoms with E-state index in [1.165, 1.54) is 37.7 Å². The van der Waals surface area contributed by atoms with Crippen molar-refractivity contribution in [1.29, 1.82) is 0 Å². The monoisotopic (exact) mass is 299 g/mol. The molecule has 0 spiro atoms. The van der Waals surface area contributed by atoms with Crippen molar-refractivity contribution in [3.05, 3.63) is 35.9 Å². The molecule has 1 heterocycles. The molecule has 3 rings (SSSR count). The first-order valence-electron chi connectivity index (χ1n) is 9.18. The fourth-order valence-corrected chi connectivity index (χ4v) is 4.16. The lowest BCUT2D eigenvalue weighted by molar-refractivity contribution is -0.135. The van der Waals surface area contributed by atoms with E-state index in [1.807, 2.05) is 0 Å². The number of likely N-dealkylation sites (tertiary alicyclic amines) is 1. The standard InChI is InChI=1S/C20H29NO/c22-20(19-11-4-1-2-5-12-19)21-15-8-13-18(14-16-21)17-9-6-3-7-10-17/h3,6-7,9-10,18-19H,1-2,4-5,8,11-16H2. The first-order chi connectivity index (χ1) is 10.8. The lowest BCUT2D eigenvalue weighted by Gasteiger charge is -2.25. The van der Waals surface area contributed by atoms with Crippen molar-refractivity contribution in [3.63, 3.8) is 0 Å². The molecule has 0 N–H and O–H groups in total. The molecule has 1 saturated carbocycles. The number of carbonyl (C=O) groups excluding carboxylic acids is 1. The third-order valence-electron chi connectivity index (χ3n) is 5.52. The Morgan fingerprint density at radius 3 is 2.27 bits per heavy atom. The molecule has 0 aromatic heterocycles. The normalized spacial score (nSPS) is 24.5. The van der Waals surface area contributed by atoms with Gasteiger partial charge in [-0.3, -0.25) is 4.79 Å². The summed E-state index contributed by atoms with van der Waals surface area (Å²) in [7, 11) is 0. The van der Waals surface area contributed by atoms with Gasteiger partial charge in [0, 0.05) is 19.0 Å². The van der Waals surface area contributed by atoms with Gasteiger partial charge in [0.15, 0.2) is 0 Å². The molecule has 1 amide bonds. The minimum atomic E-state index is 0.316. The van der Waals surface area contributed by atoms with Crippen molar-refractivity contribution < 1.29 is 4.79 Å². The highest BCUT2D eigenvalue weighted by atomic mass is 16.2. The Morgan fingerprint density at radius 1 is 0.818 bits per heavy atom. The number of amides is 1. The quantitative estimate of drug-likeness (QED) is 0.721. The third kappa shape index (κ3) is 3.91. The van der Waals surface area contributed by atoms with Crippen LogP contribution in [0.1, 0.15) is 69.3 Å². The van der Waals surface area contributed by atoms with Gasteiger partial charge in [0.05, 0.1) is 0 Å². The second-order valence-corrected chi connectivity index (χ2v) is 7.05. The van der Waals surface area contributed by atoms with E-state index >= 15 is 0 Å². The number of carbonyl (C=O) groups is 1. The summed E-state index contributed by atoms with van der Waals surface area (Å²) >= 11 is 0. The van der Waals surface area contributed by atoms with Crippen LogP contribution in [0.25, 0.3) is 0 Å². The van der Waals surface area contributed by atoms with Crippen molar-refractivity contribution in [2.75, 3.05) is 13.1 Å². The molecular formula is C20H29NO. The SMILES string of the molecule is O=C(C1CCCCCC1)N1CCCC(c2ccccc2)CC1. The van der Waals surface area contributed by atoms with E-state index in [0.29, 0.717) is 17.7 Å². The summed E-state index contributed by atoms with van der Waals surface area (Å²) in [6.07, 6.45) is 10.9. The maximum atomic E-state index is 12.8. The predicted molar refractivity (Wildman–Crippen MR) is 90.8 cm³/mol. The van der Waals surface area contributed by atoms with E-state index < -0.39 is 0 Å². The summed E-state index contributed by atoms with van der Waals surface area (Å²) in [6.45, 7) is 1.92. The molecule has 2 nitrogen and oxygen atoms in total. The maximum absolute atomic E-state index is 12.8. The van der Waals surface area contributed by atoms with Gasteiger partial charge < -0.3 is 4.90 Å². The largest absolute Gasteiger partial charge is 0.342 e. The lowest BCUT2D eigenvalue weighted by atomic mass is 9.92. The first kappa shape index (κ1) is 15.6. The van der Waals surface area contributed by atoms with Gasteiger partial charge in [-0.15, -0.1) is 0 Å². The number of nitrogens with zero attached hydrogens (tertiary/aromatic N) is 1.